The Bertz CT molecular complexity index is 515. The molecule has 0 aliphatic carbocycles. The Morgan fingerprint density at radius 2 is 2.18 bits per heavy atom. The Kier molecular flexibility index (Phi) is 3.51. The van der Waals surface area contributed by atoms with Crippen molar-refractivity contribution >= 4 is 15.9 Å². The van der Waals surface area contributed by atoms with Crippen molar-refractivity contribution in [2.24, 2.45) is 5.84 Å². The molecule has 1 aromatic heterocycles. The first kappa shape index (κ1) is 12.2. The summed E-state index contributed by atoms with van der Waals surface area (Å²) in [5, 5.41) is 0. The molecule has 2 aromatic rings. The summed E-state index contributed by atoms with van der Waals surface area (Å²) in [5.41, 5.74) is 2.15. The van der Waals surface area contributed by atoms with Crippen LogP contribution in [0.1, 0.15) is 17.4 Å². The van der Waals surface area contributed by atoms with Crippen molar-refractivity contribution in [3.8, 4) is 0 Å². The van der Waals surface area contributed by atoms with Crippen LogP contribution in [0.25, 0.3) is 0 Å². The van der Waals surface area contributed by atoms with Gasteiger partial charge in [0.25, 0.3) is 0 Å². The first-order chi connectivity index (χ1) is 8.15. The van der Waals surface area contributed by atoms with Crippen LogP contribution < -0.4 is 11.3 Å². The summed E-state index contributed by atoms with van der Waals surface area (Å²) >= 11 is 3.00. The number of nitrogens with one attached hydrogen (secondary N) is 2. The van der Waals surface area contributed by atoms with Gasteiger partial charge in [-0.3, -0.25) is 5.84 Å². The summed E-state index contributed by atoms with van der Waals surface area (Å²) in [6, 6.07) is 1.59. The van der Waals surface area contributed by atoms with Crippen LogP contribution in [-0.4, -0.2) is 9.97 Å². The fourth-order valence-corrected chi connectivity index (χ4v) is 1.89. The number of nitrogens with zero attached hydrogens (tertiary/aromatic N) is 1. The molecular weight excluding hydrogens is 294 g/mol. The molecule has 17 heavy (non-hydrogen) atoms. The molecule has 0 aliphatic rings. The first-order valence-electron chi connectivity index (χ1n) is 4.74. The summed E-state index contributed by atoms with van der Waals surface area (Å²) in [6.07, 6.45) is 3.03. The van der Waals surface area contributed by atoms with Gasteiger partial charge in [-0.15, -0.1) is 0 Å². The normalized spacial score (nSPS) is 12.7. The van der Waals surface area contributed by atoms with Crippen LogP contribution in [0.4, 0.5) is 8.78 Å². The lowest BCUT2D eigenvalue weighted by molar-refractivity contribution is 0.498. The monoisotopic (exact) mass is 302 g/mol. The average molecular weight is 303 g/mol. The van der Waals surface area contributed by atoms with Gasteiger partial charge >= 0.3 is 0 Å². The lowest BCUT2D eigenvalue weighted by Crippen LogP contribution is -2.31. The van der Waals surface area contributed by atoms with Gasteiger partial charge in [-0.05, 0) is 28.1 Å². The van der Waals surface area contributed by atoms with Crippen LogP contribution in [0.2, 0.25) is 0 Å². The number of hydrogen-bond acceptors (Lipinski definition) is 3. The maximum absolute atomic E-state index is 13.9. The molecular formula is C10H9BrF2N4. The number of aromatic amines is 1. The molecule has 1 aromatic carbocycles. The highest BCUT2D eigenvalue weighted by atomic mass is 79.9. The van der Waals surface area contributed by atoms with E-state index in [1.165, 1.54) is 12.3 Å². The number of benzene rings is 1. The zero-order valence-electron chi connectivity index (χ0n) is 8.55. The van der Waals surface area contributed by atoms with Crippen molar-refractivity contribution in [1.29, 1.82) is 0 Å². The number of hydrogen-bond donors (Lipinski definition) is 3. The predicted molar refractivity (Wildman–Crippen MR) is 61.8 cm³/mol. The molecule has 90 valence electrons. The third-order valence-electron chi connectivity index (χ3n) is 2.33. The van der Waals surface area contributed by atoms with E-state index < -0.39 is 17.7 Å². The van der Waals surface area contributed by atoms with E-state index in [0.29, 0.717) is 5.82 Å². The molecule has 4 nitrogen and oxygen atoms in total. The van der Waals surface area contributed by atoms with E-state index in [2.05, 4.69) is 31.3 Å². The maximum atomic E-state index is 13.9. The molecule has 2 rings (SSSR count). The lowest BCUT2D eigenvalue weighted by atomic mass is 10.1. The smallest absolute Gasteiger partial charge is 0.145 e. The van der Waals surface area contributed by atoms with Crippen molar-refractivity contribution in [3.05, 3.63) is 52.0 Å². The highest BCUT2D eigenvalue weighted by Crippen LogP contribution is 2.28. The number of halogens is 3. The second-order valence-electron chi connectivity index (χ2n) is 3.33. The molecule has 0 radical (unpaired) electrons. The van der Waals surface area contributed by atoms with Gasteiger partial charge in [0.1, 0.15) is 23.5 Å². The number of rotatable bonds is 3. The molecule has 7 heteroatoms. The molecule has 0 amide bonds. The minimum Gasteiger partial charge on any atom is -0.347 e. The largest absolute Gasteiger partial charge is 0.347 e. The van der Waals surface area contributed by atoms with Gasteiger partial charge in [0.15, 0.2) is 0 Å². The van der Waals surface area contributed by atoms with Crippen LogP contribution >= 0.6 is 15.9 Å². The number of H-pyrrole nitrogens is 1. The molecule has 1 unspecified atom stereocenters. The van der Waals surface area contributed by atoms with E-state index >= 15 is 0 Å². The quantitative estimate of drug-likeness (QED) is 0.461. The Labute approximate surface area is 104 Å². The van der Waals surface area contributed by atoms with Crippen molar-refractivity contribution in [1.82, 2.24) is 15.4 Å². The summed E-state index contributed by atoms with van der Waals surface area (Å²) in [7, 11) is 0. The van der Waals surface area contributed by atoms with E-state index in [-0.39, 0.29) is 10.0 Å². The van der Waals surface area contributed by atoms with Crippen LogP contribution in [0, 0.1) is 11.6 Å². The number of nitrogens with two attached hydrogens (primary N) is 1. The summed E-state index contributed by atoms with van der Waals surface area (Å²) in [4.78, 5) is 6.69. The van der Waals surface area contributed by atoms with E-state index in [0.717, 1.165) is 6.07 Å². The Balaban J connectivity index is 2.55. The van der Waals surface area contributed by atoms with Gasteiger partial charge in [0.05, 0.1) is 10.0 Å². The molecule has 0 aliphatic heterocycles. The van der Waals surface area contributed by atoms with Crippen LogP contribution in [0.15, 0.2) is 29.0 Å². The van der Waals surface area contributed by atoms with E-state index in [1.807, 2.05) is 0 Å². The predicted octanol–water partition coefficient (Wildman–Crippen LogP) is 2.00. The van der Waals surface area contributed by atoms with Gasteiger partial charge in [0, 0.05) is 12.4 Å². The van der Waals surface area contributed by atoms with Crippen LogP contribution in [0.5, 0.6) is 0 Å². The first-order valence-corrected chi connectivity index (χ1v) is 5.53. The van der Waals surface area contributed by atoms with E-state index in [1.54, 1.807) is 6.20 Å². The summed E-state index contributed by atoms with van der Waals surface area (Å²) < 4.78 is 27.7. The number of hydrazine groups is 1. The molecule has 0 saturated carbocycles. The molecule has 0 fully saturated rings. The van der Waals surface area contributed by atoms with Crippen molar-refractivity contribution in [3.63, 3.8) is 0 Å². The second-order valence-corrected chi connectivity index (χ2v) is 4.19. The zero-order chi connectivity index (χ0) is 12.4. The van der Waals surface area contributed by atoms with Gasteiger partial charge in [-0.25, -0.2) is 19.2 Å². The van der Waals surface area contributed by atoms with Gasteiger partial charge in [-0.1, -0.05) is 0 Å². The van der Waals surface area contributed by atoms with E-state index in [4.69, 9.17) is 5.84 Å². The fourth-order valence-electron chi connectivity index (χ4n) is 1.54. The minimum atomic E-state index is -0.873. The molecule has 0 saturated heterocycles. The molecule has 0 bridgehead atoms. The van der Waals surface area contributed by atoms with Gasteiger partial charge < -0.3 is 4.98 Å². The highest BCUT2D eigenvalue weighted by molar-refractivity contribution is 9.10. The molecule has 0 spiro atoms. The topological polar surface area (TPSA) is 66.7 Å². The maximum Gasteiger partial charge on any atom is 0.145 e. The lowest BCUT2D eigenvalue weighted by Gasteiger charge is -2.16. The van der Waals surface area contributed by atoms with Gasteiger partial charge in [-0.2, -0.15) is 0 Å². The Hall–Kier alpha value is -1.31. The van der Waals surface area contributed by atoms with E-state index in [9.17, 15) is 8.78 Å². The third-order valence-corrected chi connectivity index (χ3v) is 2.94. The number of imidazole rings is 1. The van der Waals surface area contributed by atoms with Crippen molar-refractivity contribution in [2.75, 3.05) is 0 Å². The van der Waals surface area contributed by atoms with Crippen molar-refractivity contribution < 1.29 is 8.78 Å². The standard InChI is InChI=1S/C10H9BrF2N4/c11-5-1-2-6(12)7(8(5)13)9(17-14)10-15-3-4-16-10/h1-4,9,17H,14H2,(H,15,16). The SMILES string of the molecule is NNC(c1ncc[nH]1)c1c(F)ccc(Br)c1F. The molecule has 4 N–H and O–H groups in total. The molecule has 1 atom stereocenters. The summed E-state index contributed by atoms with van der Waals surface area (Å²) in [6.45, 7) is 0. The van der Waals surface area contributed by atoms with Crippen LogP contribution in [-0.2, 0) is 0 Å². The fraction of sp³-hybridized carbons (Fsp3) is 0.100. The zero-order valence-corrected chi connectivity index (χ0v) is 10.1. The Morgan fingerprint density at radius 1 is 1.41 bits per heavy atom. The number of aromatic nitrogens is 2. The second kappa shape index (κ2) is 4.91. The van der Waals surface area contributed by atoms with Crippen molar-refractivity contribution in [2.45, 2.75) is 6.04 Å². The average Bonchev–Trinajstić information content (AvgIpc) is 2.83. The third kappa shape index (κ3) is 2.21. The summed E-state index contributed by atoms with van der Waals surface area (Å²) in [5.74, 6) is 4.27. The Morgan fingerprint density at radius 3 is 2.76 bits per heavy atom. The molecule has 1 heterocycles. The minimum absolute atomic E-state index is 0.167. The highest BCUT2D eigenvalue weighted by Gasteiger charge is 2.24. The van der Waals surface area contributed by atoms with Gasteiger partial charge in [0.2, 0.25) is 0 Å². The van der Waals surface area contributed by atoms with Crippen LogP contribution in [0.3, 0.4) is 0 Å².